The lowest BCUT2D eigenvalue weighted by molar-refractivity contribution is -0.111. The molecule has 0 fully saturated rings. The molecule has 1 aromatic rings. The van der Waals surface area contributed by atoms with E-state index in [1.165, 1.54) is 0 Å². The van der Waals surface area contributed by atoms with E-state index in [0.717, 1.165) is 22.5 Å². The smallest absolute Gasteiger partial charge is 0.204 e. The van der Waals surface area contributed by atoms with Gasteiger partial charge in [0, 0.05) is 11.4 Å². The summed E-state index contributed by atoms with van der Waals surface area (Å²) in [5.41, 5.74) is 5.69. The molecule has 0 saturated heterocycles. The first kappa shape index (κ1) is 12.7. The predicted molar refractivity (Wildman–Crippen MR) is 78.7 cm³/mol. The molecule has 2 N–H and O–H groups in total. The number of nitrogens with one attached hydrogen (secondary N) is 1. The molecule has 0 bridgehead atoms. The maximum Gasteiger partial charge on any atom is 0.204 e. The first-order valence-electron chi connectivity index (χ1n) is 6.53. The van der Waals surface area contributed by atoms with Crippen LogP contribution in [-0.2, 0) is 4.79 Å². The van der Waals surface area contributed by atoms with Crippen molar-refractivity contribution in [3.63, 3.8) is 0 Å². The number of aliphatic imine (C=N–C) groups is 1. The number of allylic oxidation sites excluding steroid dienone is 4. The van der Waals surface area contributed by atoms with Crippen LogP contribution >= 0.6 is 0 Å². The molecule has 2 aliphatic rings. The summed E-state index contributed by atoms with van der Waals surface area (Å²) in [6, 6.07) is 1.96. The summed E-state index contributed by atoms with van der Waals surface area (Å²) in [4.78, 5) is 19.8. The molecule has 0 radical (unpaired) electrons. The first-order chi connectivity index (χ1) is 9.40. The molecule has 0 aromatic carbocycles. The van der Waals surface area contributed by atoms with Crippen LogP contribution in [0.15, 0.2) is 39.7 Å². The lowest BCUT2D eigenvalue weighted by Gasteiger charge is -2.22. The Morgan fingerprint density at radius 1 is 1.15 bits per heavy atom. The number of aryl methyl sites for hydroxylation is 2. The topological polar surface area (TPSA) is 65.5 Å². The summed E-state index contributed by atoms with van der Waals surface area (Å²) in [5, 5.41) is 10.3. The van der Waals surface area contributed by atoms with Crippen LogP contribution in [0.25, 0.3) is 5.57 Å². The van der Waals surface area contributed by atoms with Gasteiger partial charge in [0.05, 0.1) is 22.5 Å². The minimum atomic E-state index is -0.145. The number of rotatable bonds is 1. The lowest BCUT2D eigenvalue weighted by atomic mass is 9.83. The number of aliphatic hydroxyl groups excluding tert-OH is 1. The number of Topliss-reactive ketones (excluding diaryl/α,β-unsaturated/α-hetero) is 1. The van der Waals surface area contributed by atoms with Crippen LogP contribution in [0.3, 0.4) is 0 Å². The largest absolute Gasteiger partial charge is 0.506 e. The van der Waals surface area contributed by atoms with Gasteiger partial charge in [-0.05, 0) is 51.0 Å². The van der Waals surface area contributed by atoms with E-state index in [0.29, 0.717) is 22.5 Å². The molecule has 0 saturated carbocycles. The summed E-state index contributed by atoms with van der Waals surface area (Å²) in [6.45, 7) is 7.61. The summed E-state index contributed by atoms with van der Waals surface area (Å²) in [5.74, 6) is -0.102. The predicted octanol–water partition coefficient (Wildman–Crippen LogP) is 3.16. The lowest BCUT2D eigenvalue weighted by Crippen LogP contribution is -2.23. The summed E-state index contributed by atoms with van der Waals surface area (Å²) in [7, 11) is 0. The molecule has 1 aromatic heterocycles. The van der Waals surface area contributed by atoms with Gasteiger partial charge in [-0.3, -0.25) is 9.79 Å². The van der Waals surface area contributed by atoms with Crippen molar-refractivity contribution in [1.29, 1.82) is 0 Å². The Kier molecular flexibility index (Phi) is 2.57. The molecule has 3 rings (SSSR count). The van der Waals surface area contributed by atoms with Crippen LogP contribution in [0.5, 0.6) is 0 Å². The molecule has 0 unspecified atom stereocenters. The van der Waals surface area contributed by atoms with Crippen molar-refractivity contribution in [2.75, 3.05) is 0 Å². The van der Waals surface area contributed by atoms with Crippen LogP contribution in [0.4, 0.5) is 0 Å². The molecule has 0 amide bonds. The zero-order valence-corrected chi connectivity index (χ0v) is 12.0. The number of hydrogen-bond donors (Lipinski definition) is 2. The maximum absolute atomic E-state index is 12.4. The van der Waals surface area contributed by atoms with Crippen molar-refractivity contribution in [2.45, 2.75) is 27.7 Å². The number of ketones is 1. The Balaban J connectivity index is 2.15. The third kappa shape index (κ3) is 1.61. The van der Waals surface area contributed by atoms with Gasteiger partial charge in [-0.15, -0.1) is 0 Å². The van der Waals surface area contributed by atoms with Gasteiger partial charge in [0.2, 0.25) is 5.78 Å². The Morgan fingerprint density at radius 2 is 1.85 bits per heavy atom. The normalized spacial score (nSPS) is 22.1. The van der Waals surface area contributed by atoms with Gasteiger partial charge in [-0.2, -0.15) is 0 Å². The van der Waals surface area contributed by atoms with Crippen LogP contribution in [-0.4, -0.2) is 21.6 Å². The molecular formula is C16H16N2O2. The van der Waals surface area contributed by atoms with Crippen LogP contribution < -0.4 is 0 Å². The third-order valence-electron chi connectivity index (χ3n) is 3.65. The zero-order valence-electron chi connectivity index (χ0n) is 12.0. The fraction of sp³-hybridized carbons (Fsp3) is 0.250. The number of H-pyrrole nitrogens is 1. The fourth-order valence-electron chi connectivity index (χ4n) is 2.77. The van der Waals surface area contributed by atoms with E-state index in [1.807, 2.05) is 39.8 Å². The fourth-order valence-corrected chi connectivity index (χ4v) is 2.77. The number of aromatic nitrogens is 1. The minimum Gasteiger partial charge on any atom is -0.506 e. The molecule has 102 valence electrons. The van der Waals surface area contributed by atoms with Gasteiger partial charge in [0.15, 0.2) is 0 Å². The van der Waals surface area contributed by atoms with E-state index in [4.69, 9.17) is 0 Å². The van der Waals surface area contributed by atoms with Gasteiger partial charge >= 0.3 is 0 Å². The van der Waals surface area contributed by atoms with Gasteiger partial charge < -0.3 is 10.1 Å². The Labute approximate surface area is 117 Å². The first-order valence-corrected chi connectivity index (χ1v) is 6.53. The highest BCUT2D eigenvalue weighted by atomic mass is 16.3. The van der Waals surface area contributed by atoms with Crippen molar-refractivity contribution in [3.05, 3.63) is 51.7 Å². The Bertz CT molecular complexity index is 770. The summed E-state index contributed by atoms with van der Waals surface area (Å²) in [6.07, 6.45) is 1.91. The van der Waals surface area contributed by atoms with Gasteiger partial charge in [0.1, 0.15) is 5.76 Å². The molecular weight excluding hydrogens is 252 g/mol. The number of hydrogen-bond acceptors (Lipinski definition) is 3. The van der Waals surface area contributed by atoms with E-state index < -0.39 is 0 Å². The van der Waals surface area contributed by atoms with E-state index in [9.17, 15) is 9.90 Å². The summed E-state index contributed by atoms with van der Waals surface area (Å²) >= 11 is 0. The van der Waals surface area contributed by atoms with Gasteiger partial charge in [-0.1, -0.05) is 0 Å². The third-order valence-corrected chi connectivity index (χ3v) is 3.65. The quantitative estimate of drug-likeness (QED) is 0.768. The standard InChI is InChI=1S/C16H16N2O2/c1-7-5-9(3)17-13(7)11-15(19)12(16(11)20)14-8(2)6-10(4)18-14/h5-6,17,19H,1-4H3/b14-12-. The molecule has 1 aliphatic carbocycles. The number of carbonyl (C=O) groups is 1. The Hall–Kier alpha value is -2.36. The second-order valence-electron chi connectivity index (χ2n) is 5.37. The number of aromatic amines is 1. The van der Waals surface area contributed by atoms with Crippen molar-refractivity contribution in [1.82, 2.24) is 4.98 Å². The second-order valence-corrected chi connectivity index (χ2v) is 5.37. The molecule has 4 heteroatoms. The maximum atomic E-state index is 12.4. The number of carbonyl (C=O) groups excluding carboxylic acids is 1. The molecule has 4 nitrogen and oxygen atoms in total. The summed E-state index contributed by atoms with van der Waals surface area (Å²) < 4.78 is 0. The number of nitrogens with zero attached hydrogens (tertiary/aromatic N) is 1. The monoisotopic (exact) mass is 268 g/mol. The van der Waals surface area contributed by atoms with E-state index >= 15 is 0 Å². The SMILES string of the molecule is CC1=CC(C)=N/C1=C1\C(=O)C(c2[nH]c(C)cc2C)=C1O. The number of aliphatic hydroxyl groups is 1. The zero-order chi connectivity index (χ0) is 14.6. The Morgan fingerprint density at radius 3 is 2.30 bits per heavy atom. The average Bonchev–Trinajstić information content (AvgIpc) is 2.83. The van der Waals surface area contributed by atoms with Crippen LogP contribution in [0.2, 0.25) is 0 Å². The second kappa shape index (κ2) is 4.07. The average molecular weight is 268 g/mol. The van der Waals surface area contributed by atoms with E-state index in [1.54, 1.807) is 0 Å². The van der Waals surface area contributed by atoms with Crippen molar-refractivity contribution in [3.8, 4) is 0 Å². The van der Waals surface area contributed by atoms with E-state index in [2.05, 4.69) is 9.98 Å². The molecule has 20 heavy (non-hydrogen) atoms. The molecule has 0 spiro atoms. The highest BCUT2D eigenvalue weighted by molar-refractivity contribution is 6.39. The highest BCUT2D eigenvalue weighted by Crippen LogP contribution is 2.41. The van der Waals surface area contributed by atoms with Gasteiger partial charge in [0.25, 0.3) is 0 Å². The van der Waals surface area contributed by atoms with Crippen LogP contribution in [0, 0.1) is 13.8 Å². The molecule has 1 aliphatic heterocycles. The molecule has 0 atom stereocenters. The van der Waals surface area contributed by atoms with Gasteiger partial charge in [-0.25, -0.2) is 0 Å². The van der Waals surface area contributed by atoms with Crippen molar-refractivity contribution < 1.29 is 9.90 Å². The highest BCUT2D eigenvalue weighted by Gasteiger charge is 2.39. The van der Waals surface area contributed by atoms with E-state index in [-0.39, 0.29) is 11.5 Å². The molecule has 2 heterocycles. The van der Waals surface area contributed by atoms with Crippen LogP contribution in [0.1, 0.15) is 30.8 Å². The minimum absolute atomic E-state index is 0.0427. The van der Waals surface area contributed by atoms with Crippen molar-refractivity contribution in [2.24, 2.45) is 4.99 Å². The van der Waals surface area contributed by atoms with Crippen molar-refractivity contribution >= 4 is 17.1 Å².